The molecule has 1 unspecified atom stereocenters. The van der Waals surface area contributed by atoms with Crippen LogP contribution in [0.2, 0.25) is 0 Å². The molecular formula is C35H30N2O5. The number of aliphatic hydroxyl groups excluding tert-OH is 1. The number of aromatic nitrogens is 1. The van der Waals surface area contributed by atoms with Crippen molar-refractivity contribution in [2.45, 2.75) is 26.5 Å². The number of H-pyrrole nitrogens is 1. The van der Waals surface area contributed by atoms with Crippen molar-refractivity contribution < 1.29 is 24.2 Å². The molecular weight excluding hydrogens is 528 g/mol. The molecule has 0 radical (unpaired) electrons. The maximum Gasteiger partial charge on any atom is 0.300 e. The summed E-state index contributed by atoms with van der Waals surface area (Å²) in [5.41, 5.74) is 4.32. The van der Waals surface area contributed by atoms with Crippen LogP contribution >= 0.6 is 0 Å². The summed E-state index contributed by atoms with van der Waals surface area (Å²) in [7, 11) is 0. The Morgan fingerprint density at radius 3 is 2.48 bits per heavy atom. The van der Waals surface area contributed by atoms with E-state index in [-0.39, 0.29) is 11.3 Å². The number of aryl methyl sites for hydroxylation is 1. The highest BCUT2D eigenvalue weighted by Gasteiger charge is 2.47. The average molecular weight is 559 g/mol. The molecule has 2 N–H and O–H groups in total. The van der Waals surface area contributed by atoms with E-state index in [2.05, 4.69) is 4.98 Å². The molecule has 2 heterocycles. The molecule has 1 saturated heterocycles. The Kier molecular flexibility index (Phi) is 7.23. The fourth-order valence-electron chi connectivity index (χ4n) is 5.45. The number of aliphatic hydroxyl groups is 1. The molecule has 7 heteroatoms. The number of ether oxygens (including phenoxy) is 2. The third-order valence-corrected chi connectivity index (χ3v) is 7.45. The second-order valence-electron chi connectivity index (χ2n) is 10.1. The fraction of sp³-hybridized carbons (Fsp3) is 0.143. The molecule has 1 amide bonds. The predicted octanol–water partition coefficient (Wildman–Crippen LogP) is 7.08. The van der Waals surface area contributed by atoms with Crippen LogP contribution in [0.25, 0.3) is 16.7 Å². The third kappa shape index (κ3) is 4.90. The fourth-order valence-corrected chi connectivity index (χ4v) is 5.45. The third-order valence-electron chi connectivity index (χ3n) is 7.45. The molecule has 0 bridgehead atoms. The van der Waals surface area contributed by atoms with Crippen molar-refractivity contribution in [1.82, 2.24) is 4.98 Å². The van der Waals surface area contributed by atoms with Gasteiger partial charge in [0.2, 0.25) is 0 Å². The number of benzene rings is 4. The maximum atomic E-state index is 13.7. The van der Waals surface area contributed by atoms with E-state index in [1.807, 2.05) is 68.4 Å². The highest BCUT2D eigenvalue weighted by atomic mass is 16.5. The van der Waals surface area contributed by atoms with Gasteiger partial charge in [-0.1, -0.05) is 54.6 Å². The van der Waals surface area contributed by atoms with Gasteiger partial charge in [0.05, 0.1) is 18.2 Å². The molecule has 1 fully saturated rings. The summed E-state index contributed by atoms with van der Waals surface area (Å²) in [6.07, 6.45) is 1.79. The molecule has 42 heavy (non-hydrogen) atoms. The number of Topliss-reactive ketones (excluding diaryl/α,β-unsaturated/α-hetero) is 1. The number of ketones is 1. The lowest BCUT2D eigenvalue weighted by atomic mass is 9.94. The number of rotatable bonds is 8. The molecule has 210 valence electrons. The lowest BCUT2D eigenvalue weighted by Crippen LogP contribution is -2.29. The summed E-state index contributed by atoms with van der Waals surface area (Å²) in [5, 5.41) is 12.5. The van der Waals surface area contributed by atoms with Gasteiger partial charge in [-0.2, -0.15) is 0 Å². The van der Waals surface area contributed by atoms with Gasteiger partial charge in [0.15, 0.2) is 0 Å². The van der Waals surface area contributed by atoms with Crippen molar-refractivity contribution in [2.75, 3.05) is 11.5 Å². The number of para-hydroxylation sites is 1. The van der Waals surface area contributed by atoms with E-state index in [1.54, 1.807) is 48.7 Å². The van der Waals surface area contributed by atoms with E-state index in [1.165, 1.54) is 4.90 Å². The first-order valence-corrected chi connectivity index (χ1v) is 13.8. The number of carbonyl (C=O) groups is 2. The molecule has 0 aliphatic carbocycles. The maximum absolute atomic E-state index is 13.7. The van der Waals surface area contributed by atoms with E-state index in [0.717, 1.165) is 22.0 Å². The van der Waals surface area contributed by atoms with Crippen LogP contribution in [0.3, 0.4) is 0 Å². The molecule has 1 aliphatic heterocycles. The van der Waals surface area contributed by atoms with Crippen LogP contribution in [0.15, 0.2) is 109 Å². The Morgan fingerprint density at radius 2 is 1.69 bits per heavy atom. The van der Waals surface area contributed by atoms with Gasteiger partial charge in [-0.15, -0.1) is 0 Å². The van der Waals surface area contributed by atoms with Crippen molar-refractivity contribution in [2.24, 2.45) is 0 Å². The first-order chi connectivity index (χ1) is 20.5. The zero-order valence-electron chi connectivity index (χ0n) is 23.3. The largest absolute Gasteiger partial charge is 0.507 e. The molecule has 4 aromatic carbocycles. The lowest BCUT2D eigenvalue weighted by molar-refractivity contribution is -0.132. The molecule has 0 spiro atoms. The normalized spacial score (nSPS) is 16.2. The number of fused-ring (bicyclic) bond motifs is 1. The van der Waals surface area contributed by atoms with Crippen LogP contribution in [0.1, 0.15) is 35.2 Å². The zero-order valence-corrected chi connectivity index (χ0v) is 23.3. The van der Waals surface area contributed by atoms with Crippen LogP contribution in [-0.2, 0) is 16.2 Å². The minimum absolute atomic E-state index is 0.0175. The van der Waals surface area contributed by atoms with Crippen LogP contribution in [0.4, 0.5) is 5.69 Å². The lowest BCUT2D eigenvalue weighted by Gasteiger charge is -2.25. The van der Waals surface area contributed by atoms with E-state index >= 15 is 0 Å². The van der Waals surface area contributed by atoms with Crippen molar-refractivity contribution in [3.8, 4) is 11.5 Å². The number of hydrogen-bond donors (Lipinski definition) is 2. The Morgan fingerprint density at radius 1 is 0.905 bits per heavy atom. The average Bonchev–Trinajstić information content (AvgIpc) is 3.55. The number of nitrogens with one attached hydrogen (secondary N) is 1. The summed E-state index contributed by atoms with van der Waals surface area (Å²) in [6, 6.07) is 29.0. The molecule has 6 rings (SSSR count). The molecule has 1 aromatic heterocycles. The van der Waals surface area contributed by atoms with Crippen LogP contribution < -0.4 is 14.4 Å². The van der Waals surface area contributed by atoms with Gasteiger partial charge in [0.25, 0.3) is 11.7 Å². The summed E-state index contributed by atoms with van der Waals surface area (Å²) in [5.74, 6) is -0.482. The Balaban J connectivity index is 1.45. The van der Waals surface area contributed by atoms with Crippen LogP contribution in [0.5, 0.6) is 11.5 Å². The van der Waals surface area contributed by atoms with Gasteiger partial charge in [-0.3, -0.25) is 14.5 Å². The smallest absolute Gasteiger partial charge is 0.300 e. The van der Waals surface area contributed by atoms with E-state index in [0.29, 0.717) is 41.5 Å². The van der Waals surface area contributed by atoms with Gasteiger partial charge in [0.1, 0.15) is 23.9 Å². The topological polar surface area (TPSA) is 91.9 Å². The Bertz CT molecular complexity index is 1820. The predicted molar refractivity (Wildman–Crippen MR) is 163 cm³/mol. The van der Waals surface area contributed by atoms with E-state index in [9.17, 15) is 14.7 Å². The number of anilines is 1. The van der Waals surface area contributed by atoms with E-state index in [4.69, 9.17) is 9.47 Å². The summed E-state index contributed by atoms with van der Waals surface area (Å²) in [4.78, 5) is 32.0. The SMILES string of the molecule is CCOc1cccc(N2C(=O)C(=O)/C(=C(/O)c3ccc(OCc4ccccc4)c(C)c3)C2c2c[nH]c3ccccc23)c1. The second-order valence-corrected chi connectivity index (χ2v) is 10.1. The van der Waals surface area contributed by atoms with Crippen molar-refractivity contribution in [3.05, 3.63) is 131 Å². The van der Waals surface area contributed by atoms with Crippen LogP contribution in [-0.4, -0.2) is 28.4 Å². The van der Waals surface area contributed by atoms with Crippen molar-refractivity contribution in [1.29, 1.82) is 0 Å². The summed E-state index contributed by atoms with van der Waals surface area (Å²) >= 11 is 0. The standard InChI is InChI=1S/C35H30N2O5/c1-3-41-26-13-9-12-25(19-26)37-32(28-20-36-29-15-8-7-14-27(28)29)31(34(39)35(37)40)33(38)24-16-17-30(22(2)18-24)42-21-23-10-5-4-6-11-23/h4-20,32,36,38H,3,21H2,1-2H3/b33-31+. The first-order valence-electron chi connectivity index (χ1n) is 13.8. The van der Waals surface area contributed by atoms with Gasteiger partial charge >= 0.3 is 0 Å². The Hall–Kier alpha value is -5.30. The van der Waals surface area contributed by atoms with Gasteiger partial charge in [-0.25, -0.2) is 0 Å². The van der Waals surface area contributed by atoms with Crippen molar-refractivity contribution >= 4 is 34.0 Å². The monoisotopic (exact) mass is 558 g/mol. The van der Waals surface area contributed by atoms with Gasteiger partial charge < -0.3 is 19.6 Å². The second kappa shape index (κ2) is 11.3. The highest BCUT2D eigenvalue weighted by Crippen LogP contribution is 2.45. The van der Waals surface area contributed by atoms with Gasteiger partial charge in [0, 0.05) is 40.0 Å². The number of aromatic amines is 1. The minimum atomic E-state index is -0.868. The molecule has 1 atom stereocenters. The summed E-state index contributed by atoms with van der Waals surface area (Å²) < 4.78 is 11.7. The number of amides is 1. The molecule has 7 nitrogen and oxygen atoms in total. The van der Waals surface area contributed by atoms with E-state index < -0.39 is 17.7 Å². The Labute approximate surface area is 243 Å². The first kappa shape index (κ1) is 26.9. The summed E-state index contributed by atoms with van der Waals surface area (Å²) in [6.45, 7) is 4.62. The quantitative estimate of drug-likeness (QED) is 0.121. The molecule has 0 saturated carbocycles. The zero-order chi connectivity index (χ0) is 29.2. The van der Waals surface area contributed by atoms with Crippen LogP contribution in [0, 0.1) is 6.92 Å². The number of carbonyl (C=O) groups excluding carboxylic acids is 2. The molecule has 5 aromatic rings. The van der Waals surface area contributed by atoms with Crippen molar-refractivity contribution in [3.63, 3.8) is 0 Å². The number of nitrogens with zero attached hydrogens (tertiary/aromatic N) is 1. The number of hydrogen-bond acceptors (Lipinski definition) is 5. The minimum Gasteiger partial charge on any atom is -0.507 e. The molecule has 1 aliphatic rings. The highest BCUT2D eigenvalue weighted by molar-refractivity contribution is 6.52. The van der Waals surface area contributed by atoms with Gasteiger partial charge in [-0.05, 0) is 61.4 Å².